The van der Waals surface area contributed by atoms with Gasteiger partial charge in [0.1, 0.15) is 17.4 Å². The molecule has 0 aliphatic rings. The number of carbonyl (C=O) groups excluding carboxylic acids is 1. The number of ether oxygens (including phenoxy) is 2. The molecule has 168 valence electrons. The van der Waals surface area contributed by atoms with Gasteiger partial charge < -0.3 is 9.47 Å². The second-order valence-corrected chi connectivity index (χ2v) is 7.71. The SMILES string of the molecule is CCOC(=O)Oc1ccccc1-c1nc(C)c(C(C)C)c(=O)n1CCc1cccc(F)c1. The Morgan fingerprint density at radius 1 is 1.16 bits per heavy atom. The van der Waals surface area contributed by atoms with Crippen LogP contribution in [0.3, 0.4) is 0 Å². The zero-order chi connectivity index (χ0) is 23.3. The number of halogens is 1. The van der Waals surface area contributed by atoms with Crippen molar-refractivity contribution in [2.45, 2.75) is 46.6 Å². The standard InChI is InChI=1S/C25H27FN2O4/c1-5-31-25(30)32-21-12-7-6-11-20(21)23-27-17(4)22(16(2)3)24(29)28(23)14-13-18-9-8-10-19(26)15-18/h6-12,15-16H,5,13-14H2,1-4H3. The van der Waals surface area contributed by atoms with Crippen LogP contribution < -0.4 is 10.3 Å². The van der Waals surface area contributed by atoms with E-state index in [0.29, 0.717) is 35.6 Å². The molecule has 0 aliphatic carbocycles. The van der Waals surface area contributed by atoms with Gasteiger partial charge in [0.25, 0.3) is 5.56 Å². The lowest BCUT2D eigenvalue weighted by Gasteiger charge is -2.19. The summed E-state index contributed by atoms with van der Waals surface area (Å²) in [5.41, 5.74) is 2.34. The fourth-order valence-corrected chi connectivity index (χ4v) is 3.66. The number of carbonyl (C=O) groups is 1. The number of hydrogen-bond donors (Lipinski definition) is 0. The van der Waals surface area contributed by atoms with Gasteiger partial charge in [-0.1, -0.05) is 38.1 Å². The molecule has 0 spiro atoms. The van der Waals surface area contributed by atoms with E-state index in [1.165, 1.54) is 12.1 Å². The molecule has 0 unspecified atom stereocenters. The first-order valence-corrected chi connectivity index (χ1v) is 10.6. The topological polar surface area (TPSA) is 70.4 Å². The van der Waals surface area contributed by atoms with E-state index in [2.05, 4.69) is 0 Å². The minimum atomic E-state index is -0.830. The van der Waals surface area contributed by atoms with Gasteiger partial charge in [-0.05, 0) is 56.0 Å². The van der Waals surface area contributed by atoms with E-state index in [-0.39, 0.29) is 29.7 Å². The summed E-state index contributed by atoms with van der Waals surface area (Å²) in [6.07, 6.45) is -0.391. The third-order valence-corrected chi connectivity index (χ3v) is 5.07. The first kappa shape index (κ1) is 23.2. The average molecular weight is 438 g/mol. The number of aromatic nitrogens is 2. The molecule has 2 aromatic carbocycles. The monoisotopic (exact) mass is 438 g/mol. The Balaban J connectivity index is 2.11. The van der Waals surface area contributed by atoms with E-state index < -0.39 is 6.16 Å². The van der Waals surface area contributed by atoms with E-state index in [4.69, 9.17) is 14.5 Å². The van der Waals surface area contributed by atoms with Crippen LogP contribution in [-0.4, -0.2) is 22.3 Å². The fraction of sp³-hybridized carbons (Fsp3) is 0.320. The van der Waals surface area contributed by atoms with Crippen LogP contribution in [0, 0.1) is 12.7 Å². The van der Waals surface area contributed by atoms with Crippen molar-refractivity contribution in [3.05, 3.63) is 81.5 Å². The molecular formula is C25H27FN2O4. The molecular weight excluding hydrogens is 411 g/mol. The lowest BCUT2D eigenvalue weighted by molar-refractivity contribution is 0.104. The summed E-state index contributed by atoms with van der Waals surface area (Å²) in [4.78, 5) is 30.1. The van der Waals surface area contributed by atoms with Crippen molar-refractivity contribution in [1.29, 1.82) is 0 Å². The van der Waals surface area contributed by atoms with Gasteiger partial charge >= 0.3 is 6.16 Å². The van der Waals surface area contributed by atoms with Crippen LogP contribution in [0.5, 0.6) is 5.75 Å². The molecule has 0 saturated heterocycles. The third-order valence-electron chi connectivity index (χ3n) is 5.07. The van der Waals surface area contributed by atoms with Crippen molar-refractivity contribution in [1.82, 2.24) is 9.55 Å². The van der Waals surface area contributed by atoms with E-state index in [9.17, 15) is 14.0 Å². The van der Waals surface area contributed by atoms with Crippen LogP contribution in [0.2, 0.25) is 0 Å². The van der Waals surface area contributed by atoms with Gasteiger partial charge in [0, 0.05) is 17.8 Å². The van der Waals surface area contributed by atoms with Gasteiger partial charge in [0.05, 0.1) is 12.2 Å². The molecule has 32 heavy (non-hydrogen) atoms. The highest BCUT2D eigenvalue weighted by atomic mass is 19.1. The Morgan fingerprint density at radius 2 is 1.91 bits per heavy atom. The number of benzene rings is 2. The molecule has 7 heteroatoms. The Kier molecular flexibility index (Phi) is 7.41. The van der Waals surface area contributed by atoms with Crippen molar-refractivity contribution in [3.63, 3.8) is 0 Å². The third kappa shape index (κ3) is 5.22. The summed E-state index contributed by atoms with van der Waals surface area (Å²) < 4.78 is 25.5. The quantitative estimate of drug-likeness (QED) is 0.372. The number of rotatable bonds is 7. The summed E-state index contributed by atoms with van der Waals surface area (Å²) in [7, 11) is 0. The first-order valence-electron chi connectivity index (χ1n) is 10.6. The van der Waals surface area contributed by atoms with Gasteiger partial charge in [-0.2, -0.15) is 0 Å². The zero-order valence-corrected chi connectivity index (χ0v) is 18.7. The predicted octanol–water partition coefficient (Wildman–Crippen LogP) is 5.26. The van der Waals surface area contributed by atoms with Crippen molar-refractivity contribution in [3.8, 4) is 17.1 Å². The molecule has 0 atom stereocenters. The highest BCUT2D eigenvalue weighted by molar-refractivity contribution is 5.71. The first-order chi connectivity index (χ1) is 15.3. The summed E-state index contributed by atoms with van der Waals surface area (Å²) in [6, 6.07) is 13.2. The van der Waals surface area contributed by atoms with E-state index in [1.54, 1.807) is 48.7 Å². The maximum atomic E-state index is 13.6. The maximum absolute atomic E-state index is 13.6. The molecule has 0 N–H and O–H groups in total. The van der Waals surface area contributed by atoms with Gasteiger partial charge in [-0.15, -0.1) is 0 Å². The maximum Gasteiger partial charge on any atom is 0.513 e. The Hall–Kier alpha value is -3.48. The van der Waals surface area contributed by atoms with Crippen molar-refractivity contribution in [2.24, 2.45) is 0 Å². The van der Waals surface area contributed by atoms with E-state index in [0.717, 1.165) is 5.56 Å². The minimum Gasteiger partial charge on any atom is -0.434 e. The lowest BCUT2D eigenvalue weighted by Crippen LogP contribution is -2.29. The number of nitrogens with zero attached hydrogens (tertiary/aromatic N) is 2. The van der Waals surface area contributed by atoms with E-state index >= 15 is 0 Å². The van der Waals surface area contributed by atoms with Crippen molar-refractivity contribution >= 4 is 6.16 Å². The van der Waals surface area contributed by atoms with Gasteiger partial charge in [0.15, 0.2) is 0 Å². The smallest absolute Gasteiger partial charge is 0.434 e. The normalized spacial score (nSPS) is 10.9. The summed E-state index contributed by atoms with van der Waals surface area (Å²) >= 11 is 0. The summed E-state index contributed by atoms with van der Waals surface area (Å²) in [6.45, 7) is 7.84. The summed E-state index contributed by atoms with van der Waals surface area (Å²) in [5, 5.41) is 0. The van der Waals surface area contributed by atoms with Gasteiger partial charge in [-0.25, -0.2) is 14.2 Å². The summed E-state index contributed by atoms with van der Waals surface area (Å²) in [5.74, 6) is 0.283. The lowest BCUT2D eigenvalue weighted by atomic mass is 10.0. The molecule has 0 bridgehead atoms. The van der Waals surface area contributed by atoms with Crippen LogP contribution in [0.25, 0.3) is 11.4 Å². The molecule has 1 heterocycles. The zero-order valence-electron chi connectivity index (χ0n) is 18.7. The number of hydrogen-bond acceptors (Lipinski definition) is 5. The molecule has 6 nitrogen and oxygen atoms in total. The number of para-hydroxylation sites is 1. The van der Waals surface area contributed by atoms with E-state index in [1.807, 2.05) is 19.9 Å². The fourth-order valence-electron chi connectivity index (χ4n) is 3.66. The molecule has 0 aliphatic heterocycles. The largest absolute Gasteiger partial charge is 0.513 e. The van der Waals surface area contributed by atoms with Gasteiger partial charge in [0.2, 0.25) is 0 Å². The van der Waals surface area contributed by atoms with Gasteiger partial charge in [-0.3, -0.25) is 9.36 Å². The highest BCUT2D eigenvalue weighted by Gasteiger charge is 2.21. The highest BCUT2D eigenvalue weighted by Crippen LogP contribution is 2.30. The molecule has 0 saturated carbocycles. The molecule has 3 aromatic rings. The molecule has 3 rings (SSSR count). The average Bonchev–Trinajstić information content (AvgIpc) is 2.73. The van der Waals surface area contributed by atoms with Crippen LogP contribution in [0.4, 0.5) is 9.18 Å². The Morgan fingerprint density at radius 3 is 2.59 bits per heavy atom. The molecule has 0 radical (unpaired) electrons. The molecule has 0 fully saturated rings. The van der Waals surface area contributed by atoms with Crippen LogP contribution in [0.1, 0.15) is 43.5 Å². The predicted molar refractivity (Wildman–Crippen MR) is 121 cm³/mol. The van der Waals surface area contributed by atoms with Crippen molar-refractivity contribution < 1.29 is 18.7 Å². The second kappa shape index (κ2) is 10.2. The van der Waals surface area contributed by atoms with Crippen LogP contribution >= 0.6 is 0 Å². The van der Waals surface area contributed by atoms with Crippen LogP contribution in [-0.2, 0) is 17.7 Å². The molecule has 1 aromatic heterocycles. The Bertz CT molecular complexity index is 1170. The minimum absolute atomic E-state index is 0.0181. The van der Waals surface area contributed by atoms with Crippen molar-refractivity contribution in [2.75, 3.05) is 6.61 Å². The Labute approximate surface area is 186 Å². The number of aryl methyl sites for hydroxylation is 2. The van der Waals surface area contributed by atoms with Crippen LogP contribution in [0.15, 0.2) is 53.3 Å². The second-order valence-electron chi connectivity index (χ2n) is 7.71. The molecule has 0 amide bonds.